The molecule has 0 radical (unpaired) electrons. The molecule has 2 aromatic rings. The maximum Gasteiger partial charge on any atom is 0.256 e. The van der Waals surface area contributed by atoms with Crippen molar-refractivity contribution in [2.45, 2.75) is 26.3 Å². The minimum atomic E-state index is -0.552. The van der Waals surface area contributed by atoms with Crippen molar-refractivity contribution in [2.75, 3.05) is 5.43 Å². The van der Waals surface area contributed by atoms with Gasteiger partial charge in [0.25, 0.3) is 5.91 Å². The molecule has 0 saturated carbocycles. The lowest BCUT2D eigenvalue weighted by molar-refractivity contribution is -0.118. The van der Waals surface area contributed by atoms with Crippen LogP contribution in [-0.2, 0) is 11.2 Å². The van der Waals surface area contributed by atoms with Crippen LogP contribution in [0.4, 0.5) is 0 Å². The summed E-state index contributed by atoms with van der Waals surface area (Å²) < 4.78 is 1.76. The van der Waals surface area contributed by atoms with Crippen LogP contribution in [0.2, 0.25) is 0 Å². The fourth-order valence-electron chi connectivity index (χ4n) is 2.00. The zero-order valence-corrected chi connectivity index (χ0v) is 11.3. The first-order valence-electron chi connectivity index (χ1n) is 6.33. The van der Waals surface area contributed by atoms with E-state index in [-0.39, 0.29) is 5.91 Å². The number of hydrogen-bond acceptors (Lipinski definition) is 2. The Labute approximate surface area is 113 Å². The maximum atomic E-state index is 12.1. The van der Waals surface area contributed by atoms with Crippen LogP contribution in [0, 0.1) is 13.8 Å². The molecule has 0 aliphatic rings. The third-order valence-electron chi connectivity index (χ3n) is 3.13. The van der Waals surface area contributed by atoms with Crippen LogP contribution >= 0.6 is 0 Å². The van der Waals surface area contributed by atoms with Crippen molar-refractivity contribution < 1.29 is 4.79 Å². The second-order valence-corrected chi connectivity index (χ2v) is 4.72. The highest BCUT2D eigenvalue weighted by molar-refractivity contribution is 5.89. The van der Waals surface area contributed by atoms with Crippen LogP contribution in [0.15, 0.2) is 42.5 Å². The molecule has 1 aromatic carbocycles. The molecule has 3 N–H and O–H groups in total. The van der Waals surface area contributed by atoms with E-state index in [1.54, 1.807) is 4.68 Å². The van der Waals surface area contributed by atoms with Gasteiger partial charge in [0.1, 0.15) is 0 Å². The number of nitrogens with zero attached hydrogens (tertiary/aromatic N) is 1. The second kappa shape index (κ2) is 5.71. The van der Waals surface area contributed by atoms with Crippen molar-refractivity contribution in [3.05, 3.63) is 59.4 Å². The Morgan fingerprint density at radius 3 is 2.32 bits per heavy atom. The van der Waals surface area contributed by atoms with Gasteiger partial charge in [-0.25, -0.2) is 0 Å². The highest BCUT2D eigenvalue weighted by Crippen LogP contribution is 2.06. The van der Waals surface area contributed by atoms with E-state index in [4.69, 9.17) is 5.73 Å². The zero-order valence-electron chi connectivity index (χ0n) is 11.3. The third-order valence-corrected chi connectivity index (χ3v) is 3.13. The summed E-state index contributed by atoms with van der Waals surface area (Å²) >= 11 is 0. The molecule has 0 aliphatic heterocycles. The number of carbonyl (C=O) groups is 1. The number of aromatic nitrogens is 1. The number of aryl methyl sites for hydroxylation is 2. The molecule has 1 heterocycles. The van der Waals surface area contributed by atoms with Gasteiger partial charge in [-0.2, -0.15) is 0 Å². The van der Waals surface area contributed by atoms with E-state index in [1.165, 1.54) is 0 Å². The summed E-state index contributed by atoms with van der Waals surface area (Å²) in [7, 11) is 0. The summed E-state index contributed by atoms with van der Waals surface area (Å²) in [5.41, 5.74) is 11.8. The molecular weight excluding hydrogens is 238 g/mol. The normalized spacial score (nSPS) is 12.2. The third kappa shape index (κ3) is 3.23. The Morgan fingerprint density at radius 2 is 1.74 bits per heavy atom. The van der Waals surface area contributed by atoms with E-state index < -0.39 is 6.04 Å². The van der Waals surface area contributed by atoms with E-state index in [1.807, 2.05) is 56.3 Å². The standard InChI is InChI=1S/C15H19N3O/c1-11-8-9-12(2)18(11)17-15(19)14(16)10-13-6-4-3-5-7-13/h3-9,14H,10,16H2,1-2H3,(H,17,19)/t14-/m0/s1. The zero-order chi connectivity index (χ0) is 13.8. The van der Waals surface area contributed by atoms with Crippen LogP contribution in [0.25, 0.3) is 0 Å². The predicted octanol–water partition coefficient (Wildman–Crippen LogP) is 1.75. The molecule has 0 fully saturated rings. The van der Waals surface area contributed by atoms with Crippen molar-refractivity contribution in [1.29, 1.82) is 0 Å². The Bertz CT molecular complexity index is 541. The molecular formula is C15H19N3O. The first kappa shape index (κ1) is 13.4. The lowest BCUT2D eigenvalue weighted by Crippen LogP contribution is -2.41. The minimum absolute atomic E-state index is 0.175. The van der Waals surface area contributed by atoms with Crippen LogP contribution in [-0.4, -0.2) is 16.6 Å². The lowest BCUT2D eigenvalue weighted by atomic mass is 10.1. The van der Waals surface area contributed by atoms with Crippen LogP contribution in [0.1, 0.15) is 17.0 Å². The molecule has 4 nitrogen and oxygen atoms in total. The maximum absolute atomic E-state index is 12.1. The number of benzene rings is 1. The monoisotopic (exact) mass is 257 g/mol. The Hall–Kier alpha value is -2.07. The van der Waals surface area contributed by atoms with Gasteiger partial charge in [-0.3, -0.25) is 14.9 Å². The Balaban J connectivity index is 2.00. The van der Waals surface area contributed by atoms with Crippen LogP contribution < -0.4 is 11.2 Å². The molecule has 19 heavy (non-hydrogen) atoms. The van der Waals surface area contributed by atoms with Gasteiger partial charge in [-0.15, -0.1) is 0 Å². The minimum Gasteiger partial charge on any atom is -0.320 e. The van der Waals surface area contributed by atoms with Gasteiger partial charge in [-0.1, -0.05) is 30.3 Å². The molecule has 1 aromatic heterocycles. The molecule has 0 bridgehead atoms. The van der Waals surface area contributed by atoms with Gasteiger partial charge in [0.15, 0.2) is 0 Å². The number of hydrogen-bond donors (Lipinski definition) is 2. The molecule has 100 valence electrons. The first-order valence-corrected chi connectivity index (χ1v) is 6.33. The van der Waals surface area contributed by atoms with E-state index in [0.29, 0.717) is 6.42 Å². The number of rotatable bonds is 4. The van der Waals surface area contributed by atoms with E-state index in [9.17, 15) is 4.79 Å². The lowest BCUT2D eigenvalue weighted by Gasteiger charge is -2.15. The molecule has 2 rings (SSSR count). The summed E-state index contributed by atoms with van der Waals surface area (Å²) in [5.74, 6) is -0.175. The number of nitrogens with one attached hydrogen (secondary N) is 1. The summed E-state index contributed by atoms with van der Waals surface area (Å²) in [5, 5.41) is 0. The van der Waals surface area contributed by atoms with Crippen molar-refractivity contribution in [3.8, 4) is 0 Å². The molecule has 0 spiro atoms. The Morgan fingerprint density at radius 1 is 1.16 bits per heavy atom. The van der Waals surface area contributed by atoms with Crippen molar-refractivity contribution in [3.63, 3.8) is 0 Å². The van der Waals surface area contributed by atoms with Gasteiger partial charge in [0.2, 0.25) is 0 Å². The Kier molecular flexibility index (Phi) is 4.02. The molecule has 4 heteroatoms. The number of amides is 1. The SMILES string of the molecule is Cc1ccc(C)n1NC(=O)[C@@H](N)Cc1ccccc1. The molecule has 1 atom stereocenters. The van der Waals surface area contributed by atoms with Gasteiger partial charge in [0.05, 0.1) is 6.04 Å². The van der Waals surface area contributed by atoms with Crippen LogP contribution in [0.3, 0.4) is 0 Å². The van der Waals surface area contributed by atoms with Gasteiger partial charge < -0.3 is 5.73 Å². The average Bonchev–Trinajstić information content (AvgIpc) is 2.71. The van der Waals surface area contributed by atoms with E-state index in [0.717, 1.165) is 17.0 Å². The topological polar surface area (TPSA) is 60.0 Å². The quantitative estimate of drug-likeness (QED) is 0.876. The molecule has 0 saturated heterocycles. The van der Waals surface area contributed by atoms with Gasteiger partial charge in [-0.05, 0) is 38.0 Å². The van der Waals surface area contributed by atoms with E-state index in [2.05, 4.69) is 5.43 Å². The summed E-state index contributed by atoms with van der Waals surface area (Å²) in [6, 6.07) is 13.1. The predicted molar refractivity (Wildman–Crippen MR) is 76.4 cm³/mol. The highest BCUT2D eigenvalue weighted by atomic mass is 16.2. The largest absolute Gasteiger partial charge is 0.320 e. The smallest absolute Gasteiger partial charge is 0.256 e. The number of carbonyl (C=O) groups excluding carboxylic acids is 1. The van der Waals surface area contributed by atoms with Gasteiger partial charge >= 0.3 is 0 Å². The van der Waals surface area contributed by atoms with Crippen molar-refractivity contribution >= 4 is 5.91 Å². The highest BCUT2D eigenvalue weighted by Gasteiger charge is 2.15. The fourth-order valence-corrected chi connectivity index (χ4v) is 2.00. The first-order chi connectivity index (χ1) is 9.08. The summed E-state index contributed by atoms with van der Waals surface area (Å²) in [4.78, 5) is 12.1. The van der Waals surface area contributed by atoms with Crippen LogP contribution in [0.5, 0.6) is 0 Å². The average molecular weight is 257 g/mol. The van der Waals surface area contributed by atoms with E-state index >= 15 is 0 Å². The summed E-state index contributed by atoms with van der Waals surface area (Å²) in [6.45, 7) is 3.88. The van der Waals surface area contributed by atoms with Crippen molar-refractivity contribution in [2.24, 2.45) is 5.73 Å². The fraction of sp³-hybridized carbons (Fsp3) is 0.267. The summed E-state index contributed by atoms with van der Waals surface area (Å²) in [6.07, 6.45) is 0.534. The second-order valence-electron chi connectivity index (χ2n) is 4.72. The molecule has 0 unspecified atom stereocenters. The van der Waals surface area contributed by atoms with Crippen molar-refractivity contribution in [1.82, 2.24) is 4.68 Å². The number of nitrogens with two attached hydrogens (primary N) is 1. The molecule has 0 aliphatic carbocycles. The van der Waals surface area contributed by atoms with Gasteiger partial charge in [0, 0.05) is 11.4 Å². The molecule has 1 amide bonds.